The van der Waals surface area contributed by atoms with E-state index in [2.05, 4.69) is 0 Å². The van der Waals surface area contributed by atoms with Crippen LogP contribution >= 0.6 is 0 Å². The molecule has 0 aromatic heterocycles. The van der Waals surface area contributed by atoms with Crippen LogP contribution in [0.5, 0.6) is 0 Å². The molecule has 0 saturated carbocycles. The number of benzene rings is 2. The minimum absolute atomic E-state index is 0.0239. The molecule has 1 fully saturated rings. The molecule has 2 aliphatic heterocycles. The van der Waals surface area contributed by atoms with Gasteiger partial charge in [0.2, 0.25) is 5.91 Å². The molecule has 3 amide bonds. The third-order valence-electron chi connectivity index (χ3n) is 6.10. The number of carbonyl (C=O) groups is 3. The Labute approximate surface area is 182 Å². The first-order chi connectivity index (χ1) is 15.0. The number of likely N-dealkylation sites (N-methyl/N-ethyl adjacent to an activating group) is 1. The normalized spacial score (nSPS) is 21.0. The minimum Gasteiger partial charge on any atom is -0.450 e. The largest absolute Gasteiger partial charge is 0.450 e. The van der Waals surface area contributed by atoms with Crippen molar-refractivity contribution in [1.29, 1.82) is 0 Å². The fourth-order valence-electron chi connectivity index (χ4n) is 4.53. The van der Waals surface area contributed by atoms with E-state index in [0.29, 0.717) is 38.3 Å². The average molecular weight is 421 g/mol. The highest BCUT2D eigenvalue weighted by atomic mass is 16.6. The maximum absolute atomic E-state index is 13.8. The van der Waals surface area contributed by atoms with Crippen LogP contribution < -0.4 is 0 Å². The summed E-state index contributed by atoms with van der Waals surface area (Å²) in [5.41, 5.74) is 2.26. The second-order valence-electron chi connectivity index (χ2n) is 7.85. The number of carbonyl (C=O) groups excluding carboxylic acids is 3. The smallest absolute Gasteiger partial charge is 0.409 e. The lowest BCUT2D eigenvalue weighted by Crippen LogP contribution is -2.54. The predicted molar refractivity (Wildman–Crippen MR) is 116 cm³/mol. The highest BCUT2D eigenvalue weighted by molar-refractivity contribution is 6.01. The molecule has 1 saturated heterocycles. The molecule has 2 atom stereocenters. The Hall–Kier alpha value is -3.35. The van der Waals surface area contributed by atoms with E-state index in [1.165, 1.54) is 0 Å². The Balaban J connectivity index is 1.65. The van der Waals surface area contributed by atoms with E-state index in [1.54, 1.807) is 34.7 Å². The highest BCUT2D eigenvalue weighted by Crippen LogP contribution is 2.42. The van der Waals surface area contributed by atoms with Crippen molar-refractivity contribution in [3.63, 3.8) is 0 Å². The number of hydrogen-bond acceptors (Lipinski definition) is 4. The lowest BCUT2D eigenvalue weighted by molar-refractivity contribution is -0.136. The second kappa shape index (κ2) is 8.79. The summed E-state index contributed by atoms with van der Waals surface area (Å²) in [6, 6.07) is 16.7. The molecule has 0 N–H and O–H groups in total. The van der Waals surface area contributed by atoms with Gasteiger partial charge in [-0.05, 0) is 24.1 Å². The quantitative estimate of drug-likeness (QED) is 0.764. The van der Waals surface area contributed by atoms with Crippen LogP contribution in [-0.2, 0) is 9.53 Å². The van der Waals surface area contributed by atoms with E-state index >= 15 is 0 Å². The number of hydrogen-bond donors (Lipinski definition) is 0. The first-order valence-corrected chi connectivity index (χ1v) is 10.6. The van der Waals surface area contributed by atoms with Crippen LogP contribution in [-0.4, -0.2) is 72.4 Å². The molecule has 0 radical (unpaired) electrons. The molecular weight excluding hydrogens is 394 g/mol. The van der Waals surface area contributed by atoms with Crippen molar-refractivity contribution in [3.8, 4) is 0 Å². The molecule has 31 heavy (non-hydrogen) atoms. The van der Waals surface area contributed by atoms with Gasteiger partial charge >= 0.3 is 6.09 Å². The number of rotatable bonds is 3. The van der Waals surface area contributed by atoms with Gasteiger partial charge in [0, 0.05) is 38.8 Å². The van der Waals surface area contributed by atoms with Gasteiger partial charge in [-0.3, -0.25) is 9.59 Å². The summed E-state index contributed by atoms with van der Waals surface area (Å²) in [6.45, 7) is 3.86. The number of fused-ring (bicyclic) bond motifs is 1. The summed E-state index contributed by atoms with van der Waals surface area (Å²) in [4.78, 5) is 44.0. The lowest BCUT2D eigenvalue weighted by atomic mass is 9.79. The van der Waals surface area contributed by atoms with Gasteiger partial charge in [-0.15, -0.1) is 0 Å². The van der Waals surface area contributed by atoms with Crippen molar-refractivity contribution >= 4 is 17.9 Å². The summed E-state index contributed by atoms with van der Waals surface area (Å²) in [5.74, 6) is -0.611. The van der Waals surface area contributed by atoms with E-state index in [0.717, 1.165) is 11.1 Å². The third kappa shape index (κ3) is 3.87. The molecule has 0 aliphatic carbocycles. The molecule has 0 bridgehead atoms. The van der Waals surface area contributed by atoms with Crippen molar-refractivity contribution in [2.75, 3.05) is 39.8 Å². The van der Waals surface area contributed by atoms with Crippen LogP contribution in [0, 0.1) is 0 Å². The first kappa shape index (κ1) is 20.9. The van der Waals surface area contributed by atoms with Crippen molar-refractivity contribution < 1.29 is 19.1 Å². The minimum atomic E-state index is -0.504. The SMILES string of the molecule is CCOC(=O)N1CCN(C(=O)[C@H]2c3ccccc3C(=O)N(C)[C@H]2c2ccccc2)CC1. The van der Waals surface area contributed by atoms with E-state index in [1.807, 2.05) is 48.5 Å². The molecule has 162 valence electrons. The van der Waals surface area contributed by atoms with Gasteiger partial charge in [0.15, 0.2) is 0 Å². The molecule has 2 aromatic carbocycles. The summed E-state index contributed by atoms with van der Waals surface area (Å²) < 4.78 is 5.08. The van der Waals surface area contributed by atoms with Crippen molar-refractivity contribution in [1.82, 2.24) is 14.7 Å². The van der Waals surface area contributed by atoms with Crippen molar-refractivity contribution in [2.24, 2.45) is 0 Å². The lowest BCUT2D eigenvalue weighted by Gasteiger charge is -2.43. The van der Waals surface area contributed by atoms with Gasteiger partial charge < -0.3 is 19.4 Å². The molecule has 4 rings (SSSR count). The molecule has 0 unspecified atom stereocenters. The van der Waals surface area contributed by atoms with Crippen LogP contribution in [0.3, 0.4) is 0 Å². The molecule has 0 spiro atoms. The van der Waals surface area contributed by atoms with Gasteiger partial charge in [-0.2, -0.15) is 0 Å². The molecule has 2 aliphatic rings. The van der Waals surface area contributed by atoms with Gasteiger partial charge in [-0.25, -0.2) is 4.79 Å². The Kier molecular flexibility index (Phi) is 5.93. The summed E-state index contributed by atoms with van der Waals surface area (Å²) in [7, 11) is 1.76. The zero-order valence-corrected chi connectivity index (χ0v) is 17.9. The van der Waals surface area contributed by atoms with Crippen LogP contribution in [0.2, 0.25) is 0 Å². The van der Waals surface area contributed by atoms with Crippen LogP contribution in [0.25, 0.3) is 0 Å². The molecule has 7 heteroatoms. The Morgan fingerprint density at radius 2 is 1.55 bits per heavy atom. The maximum Gasteiger partial charge on any atom is 0.409 e. The molecule has 2 aromatic rings. The van der Waals surface area contributed by atoms with E-state index in [4.69, 9.17) is 4.74 Å². The zero-order valence-electron chi connectivity index (χ0n) is 17.9. The number of ether oxygens (including phenoxy) is 1. The Morgan fingerprint density at radius 1 is 0.935 bits per heavy atom. The van der Waals surface area contributed by atoms with Crippen molar-refractivity contribution in [2.45, 2.75) is 18.9 Å². The Morgan fingerprint density at radius 3 is 2.23 bits per heavy atom. The van der Waals surface area contributed by atoms with Crippen molar-refractivity contribution in [3.05, 3.63) is 71.3 Å². The topological polar surface area (TPSA) is 70.2 Å². The van der Waals surface area contributed by atoms with Crippen LogP contribution in [0.15, 0.2) is 54.6 Å². The second-order valence-corrected chi connectivity index (χ2v) is 7.85. The van der Waals surface area contributed by atoms with E-state index < -0.39 is 5.92 Å². The van der Waals surface area contributed by atoms with Gasteiger partial charge in [0.05, 0.1) is 18.6 Å². The standard InChI is InChI=1S/C24H27N3O4/c1-3-31-24(30)27-15-13-26(14-16-27)23(29)20-18-11-7-8-12-19(18)22(28)25(2)21(20)17-9-5-4-6-10-17/h4-12,20-21H,3,13-16H2,1-2H3/t20-,21-/m0/s1. The number of nitrogens with zero attached hydrogens (tertiary/aromatic N) is 3. The maximum atomic E-state index is 13.8. The summed E-state index contributed by atoms with van der Waals surface area (Å²) in [5, 5.41) is 0. The zero-order chi connectivity index (χ0) is 22.0. The van der Waals surface area contributed by atoms with Gasteiger partial charge in [-0.1, -0.05) is 48.5 Å². The number of piperazine rings is 1. The molecule has 7 nitrogen and oxygen atoms in total. The number of amides is 3. The predicted octanol–water partition coefficient (Wildman–Crippen LogP) is 2.90. The molecule has 2 heterocycles. The van der Waals surface area contributed by atoms with Crippen LogP contribution in [0.4, 0.5) is 4.79 Å². The highest BCUT2D eigenvalue weighted by Gasteiger charge is 2.44. The third-order valence-corrected chi connectivity index (χ3v) is 6.10. The Bertz CT molecular complexity index is 970. The fourth-order valence-corrected chi connectivity index (χ4v) is 4.53. The average Bonchev–Trinajstić information content (AvgIpc) is 2.81. The summed E-state index contributed by atoms with van der Waals surface area (Å²) >= 11 is 0. The van der Waals surface area contributed by atoms with E-state index in [9.17, 15) is 14.4 Å². The van der Waals surface area contributed by atoms with E-state index in [-0.39, 0.29) is 23.9 Å². The van der Waals surface area contributed by atoms with Gasteiger partial charge in [0.25, 0.3) is 5.91 Å². The van der Waals surface area contributed by atoms with Gasteiger partial charge in [0.1, 0.15) is 0 Å². The molecular formula is C24H27N3O4. The monoisotopic (exact) mass is 421 g/mol. The summed E-state index contributed by atoms with van der Waals surface area (Å²) in [6.07, 6.45) is -0.342. The first-order valence-electron chi connectivity index (χ1n) is 10.6. The van der Waals surface area contributed by atoms with Crippen LogP contribution in [0.1, 0.15) is 40.4 Å². The fraction of sp³-hybridized carbons (Fsp3) is 0.375.